The van der Waals surface area contributed by atoms with Gasteiger partial charge in [0.1, 0.15) is 0 Å². The average Bonchev–Trinajstić information content (AvgIpc) is 2.98. The predicted molar refractivity (Wildman–Crippen MR) is 70.9 cm³/mol. The number of carbonyl (C=O) groups is 3. The fourth-order valence-electron chi connectivity index (χ4n) is 3.60. The molecule has 3 fully saturated rings. The number of piperidine rings is 1. The highest BCUT2D eigenvalue weighted by Gasteiger charge is 2.82. The summed E-state index contributed by atoms with van der Waals surface area (Å²) in [5.41, 5.74) is 0. The Kier molecular flexibility index (Phi) is 3.27. The number of hydrogen-bond donors (Lipinski definition) is 0. The predicted octanol–water partition coefficient (Wildman–Crippen LogP) is 1.47. The molecular weight excluding hydrogens is 282 g/mol. The van der Waals surface area contributed by atoms with Gasteiger partial charge in [0.25, 0.3) is 0 Å². The monoisotopic (exact) mass is 299 g/mol. The Morgan fingerprint density at radius 2 is 1.80 bits per heavy atom. The zero-order valence-electron chi connectivity index (χ0n) is 11.4. The van der Waals surface area contributed by atoms with Crippen molar-refractivity contribution in [2.75, 3.05) is 6.61 Å². The first-order valence-corrected chi connectivity index (χ1v) is 7.64. The van der Waals surface area contributed by atoms with Crippen LogP contribution in [-0.2, 0) is 19.1 Å². The van der Waals surface area contributed by atoms with Crippen molar-refractivity contribution in [3.63, 3.8) is 0 Å². The van der Waals surface area contributed by atoms with Gasteiger partial charge in [-0.3, -0.25) is 19.3 Å². The van der Waals surface area contributed by atoms with E-state index in [0.717, 1.165) is 32.1 Å². The SMILES string of the molecule is CCOC(=O)C1(Cl)[C@@H]2C(=O)N(C3CCCCC3)C(=O)[C@@H]21. The van der Waals surface area contributed by atoms with Crippen LogP contribution in [0.25, 0.3) is 0 Å². The third-order valence-electron chi connectivity index (χ3n) is 4.66. The molecule has 1 heterocycles. The molecule has 2 saturated carbocycles. The molecule has 2 amide bonds. The molecule has 0 aromatic carbocycles. The van der Waals surface area contributed by atoms with Gasteiger partial charge in [-0.2, -0.15) is 0 Å². The number of likely N-dealkylation sites (tertiary alicyclic amines) is 1. The minimum absolute atomic E-state index is 0.000313. The van der Waals surface area contributed by atoms with Gasteiger partial charge < -0.3 is 4.74 Å². The second-order valence-corrected chi connectivity index (χ2v) is 6.41. The first-order chi connectivity index (χ1) is 9.53. The van der Waals surface area contributed by atoms with Crippen LogP contribution < -0.4 is 0 Å². The first-order valence-electron chi connectivity index (χ1n) is 7.26. The van der Waals surface area contributed by atoms with Crippen LogP contribution in [0, 0.1) is 11.8 Å². The van der Waals surface area contributed by atoms with Crippen molar-refractivity contribution < 1.29 is 19.1 Å². The fourth-order valence-corrected chi connectivity index (χ4v) is 4.04. The number of halogens is 1. The molecule has 1 saturated heterocycles. The second kappa shape index (κ2) is 4.72. The Balaban J connectivity index is 1.76. The van der Waals surface area contributed by atoms with E-state index in [-0.39, 0.29) is 24.5 Å². The largest absolute Gasteiger partial charge is 0.465 e. The zero-order chi connectivity index (χ0) is 14.5. The molecule has 5 nitrogen and oxygen atoms in total. The van der Waals surface area contributed by atoms with Gasteiger partial charge in [-0.05, 0) is 19.8 Å². The molecule has 3 aliphatic rings. The zero-order valence-corrected chi connectivity index (χ0v) is 12.2. The summed E-state index contributed by atoms with van der Waals surface area (Å²) in [6, 6.07) is -0.000313. The van der Waals surface area contributed by atoms with Crippen LogP contribution >= 0.6 is 11.6 Å². The molecule has 3 rings (SSSR count). The van der Waals surface area contributed by atoms with Crippen LogP contribution in [0.1, 0.15) is 39.0 Å². The number of imide groups is 1. The number of alkyl halides is 1. The van der Waals surface area contributed by atoms with Gasteiger partial charge in [0, 0.05) is 6.04 Å². The van der Waals surface area contributed by atoms with Gasteiger partial charge in [0.2, 0.25) is 11.8 Å². The smallest absolute Gasteiger partial charge is 0.328 e. The number of carbonyl (C=O) groups excluding carboxylic acids is 3. The lowest BCUT2D eigenvalue weighted by Gasteiger charge is -2.32. The lowest BCUT2D eigenvalue weighted by molar-refractivity contribution is -0.152. The Bertz CT molecular complexity index is 450. The van der Waals surface area contributed by atoms with Crippen LogP contribution in [0.3, 0.4) is 0 Å². The Labute approximate surface area is 122 Å². The van der Waals surface area contributed by atoms with Gasteiger partial charge in [-0.1, -0.05) is 19.3 Å². The summed E-state index contributed by atoms with van der Waals surface area (Å²) >= 11 is 6.19. The van der Waals surface area contributed by atoms with Crippen molar-refractivity contribution in [3.05, 3.63) is 0 Å². The van der Waals surface area contributed by atoms with E-state index < -0.39 is 22.7 Å². The molecule has 0 bridgehead atoms. The lowest BCUT2D eigenvalue weighted by atomic mass is 9.94. The van der Waals surface area contributed by atoms with Crippen molar-refractivity contribution in [3.8, 4) is 0 Å². The van der Waals surface area contributed by atoms with Crippen LogP contribution in [-0.4, -0.2) is 40.2 Å². The van der Waals surface area contributed by atoms with Gasteiger partial charge in [0.15, 0.2) is 4.87 Å². The third kappa shape index (κ3) is 1.72. The first kappa shape index (κ1) is 13.9. The highest BCUT2D eigenvalue weighted by atomic mass is 35.5. The van der Waals surface area contributed by atoms with Crippen molar-refractivity contribution in [1.29, 1.82) is 0 Å². The summed E-state index contributed by atoms with van der Waals surface area (Å²) in [5.74, 6) is -2.62. The molecule has 110 valence electrons. The minimum atomic E-state index is -1.44. The molecular formula is C14H18ClNO4. The van der Waals surface area contributed by atoms with E-state index in [9.17, 15) is 14.4 Å². The molecule has 20 heavy (non-hydrogen) atoms. The molecule has 0 radical (unpaired) electrons. The van der Waals surface area contributed by atoms with Crippen LogP contribution in [0.15, 0.2) is 0 Å². The van der Waals surface area contributed by atoms with E-state index in [1.165, 1.54) is 4.90 Å². The molecule has 0 aromatic heterocycles. The number of nitrogens with zero attached hydrogens (tertiary/aromatic N) is 1. The fraction of sp³-hybridized carbons (Fsp3) is 0.786. The molecule has 1 aliphatic heterocycles. The quantitative estimate of drug-likeness (QED) is 0.450. The Hall–Kier alpha value is -1.10. The summed E-state index contributed by atoms with van der Waals surface area (Å²) in [6.45, 7) is 1.87. The molecule has 0 spiro atoms. The minimum Gasteiger partial charge on any atom is -0.465 e. The summed E-state index contributed by atoms with van der Waals surface area (Å²) < 4.78 is 4.89. The second-order valence-electron chi connectivity index (χ2n) is 5.78. The number of rotatable bonds is 3. The molecule has 0 N–H and O–H groups in total. The van der Waals surface area contributed by atoms with Crippen LogP contribution in [0.4, 0.5) is 0 Å². The van der Waals surface area contributed by atoms with Crippen molar-refractivity contribution in [2.24, 2.45) is 11.8 Å². The van der Waals surface area contributed by atoms with Gasteiger partial charge in [-0.15, -0.1) is 11.6 Å². The number of fused-ring (bicyclic) bond motifs is 1. The summed E-state index contributed by atoms with van der Waals surface area (Å²) in [4.78, 5) is 36.6. The highest BCUT2D eigenvalue weighted by Crippen LogP contribution is 2.62. The highest BCUT2D eigenvalue weighted by molar-refractivity contribution is 6.43. The summed E-state index contributed by atoms with van der Waals surface area (Å²) in [5, 5.41) is 0. The Morgan fingerprint density at radius 3 is 2.30 bits per heavy atom. The summed E-state index contributed by atoms with van der Waals surface area (Å²) in [6.07, 6.45) is 4.97. The molecule has 3 atom stereocenters. The molecule has 1 unspecified atom stereocenters. The van der Waals surface area contributed by atoms with E-state index >= 15 is 0 Å². The van der Waals surface area contributed by atoms with Crippen molar-refractivity contribution in [2.45, 2.75) is 49.9 Å². The number of esters is 1. The maximum Gasteiger partial charge on any atom is 0.328 e. The van der Waals surface area contributed by atoms with E-state index in [4.69, 9.17) is 16.3 Å². The number of ether oxygens (including phenoxy) is 1. The van der Waals surface area contributed by atoms with Gasteiger partial charge in [-0.25, -0.2) is 0 Å². The van der Waals surface area contributed by atoms with E-state index in [0.29, 0.717) is 0 Å². The standard InChI is InChI=1S/C14H18ClNO4/c1-2-20-13(19)14(15)9-10(14)12(18)16(11(9)17)8-6-4-3-5-7-8/h8-10H,2-7H2,1H3/t9-,10+,14?. The molecule has 6 heteroatoms. The van der Waals surface area contributed by atoms with Gasteiger partial charge >= 0.3 is 5.97 Å². The molecule has 2 aliphatic carbocycles. The lowest BCUT2D eigenvalue weighted by Crippen LogP contribution is -2.47. The van der Waals surface area contributed by atoms with E-state index in [1.54, 1.807) is 6.92 Å². The maximum absolute atomic E-state index is 12.4. The van der Waals surface area contributed by atoms with E-state index in [2.05, 4.69) is 0 Å². The maximum atomic E-state index is 12.4. The average molecular weight is 300 g/mol. The topological polar surface area (TPSA) is 63.7 Å². The van der Waals surface area contributed by atoms with Crippen LogP contribution in [0.2, 0.25) is 0 Å². The third-order valence-corrected chi connectivity index (χ3v) is 5.29. The van der Waals surface area contributed by atoms with Crippen molar-refractivity contribution in [1.82, 2.24) is 4.90 Å². The Morgan fingerprint density at radius 1 is 1.25 bits per heavy atom. The number of hydrogen-bond acceptors (Lipinski definition) is 4. The van der Waals surface area contributed by atoms with Crippen molar-refractivity contribution >= 4 is 29.4 Å². The van der Waals surface area contributed by atoms with Crippen LogP contribution in [0.5, 0.6) is 0 Å². The molecule has 0 aromatic rings. The summed E-state index contributed by atoms with van der Waals surface area (Å²) in [7, 11) is 0. The number of amides is 2. The normalized spacial score (nSPS) is 37.0. The van der Waals surface area contributed by atoms with E-state index in [1.807, 2.05) is 0 Å². The van der Waals surface area contributed by atoms with Gasteiger partial charge in [0.05, 0.1) is 18.4 Å².